The third-order valence-corrected chi connectivity index (χ3v) is 4.07. The van der Waals surface area contributed by atoms with E-state index in [-0.39, 0.29) is 30.7 Å². The fraction of sp³-hybridized carbons (Fsp3) is 0.375. The number of nitrogens with two attached hydrogens (primary N) is 1. The van der Waals surface area contributed by atoms with Crippen molar-refractivity contribution in [1.82, 2.24) is 14.7 Å². The van der Waals surface area contributed by atoms with E-state index in [4.69, 9.17) is 5.73 Å². The van der Waals surface area contributed by atoms with Crippen LogP contribution >= 0.6 is 24.8 Å². The molecule has 2 heterocycles. The van der Waals surface area contributed by atoms with Gasteiger partial charge in [0.2, 0.25) is 5.91 Å². The van der Waals surface area contributed by atoms with Gasteiger partial charge < -0.3 is 10.6 Å². The number of rotatable bonds is 3. The highest BCUT2D eigenvalue weighted by Crippen LogP contribution is 2.27. The van der Waals surface area contributed by atoms with E-state index >= 15 is 0 Å². The van der Waals surface area contributed by atoms with Crippen molar-refractivity contribution >= 4 is 36.4 Å². The first-order valence-corrected chi connectivity index (χ1v) is 7.22. The van der Waals surface area contributed by atoms with Gasteiger partial charge in [-0.25, -0.2) is 0 Å². The summed E-state index contributed by atoms with van der Waals surface area (Å²) >= 11 is 0. The van der Waals surface area contributed by atoms with Crippen LogP contribution in [0.5, 0.6) is 0 Å². The van der Waals surface area contributed by atoms with Crippen molar-refractivity contribution in [3.8, 4) is 0 Å². The van der Waals surface area contributed by atoms with Crippen LogP contribution in [0.15, 0.2) is 36.7 Å². The molecule has 0 bridgehead atoms. The molecule has 2 N–H and O–H groups in total. The Hall–Kier alpha value is -1.72. The Kier molecular flexibility index (Phi) is 6.91. The molecule has 1 fully saturated rings. The molecule has 0 radical (unpaired) electrons. The number of amides is 1. The molecule has 1 unspecified atom stereocenters. The Morgan fingerprint density at radius 1 is 1.30 bits per heavy atom. The van der Waals surface area contributed by atoms with Crippen LogP contribution in [-0.2, 0) is 18.3 Å². The Morgan fingerprint density at radius 3 is 2.61 bits per heavy atom. The van der Waals surface area contributed by atoms with E-state index in [1.165, 1.54) is 5.56 Å². The van der Waals surface area contributed by atoms with Crippen molar-refractivity contribution in [3.05, 3.63) is 47.8 Å². The summed E-state index contributed by atoms with van der Waals surface area (Å²) in [5.74, 6) is 0.597. The number of benzene rings is 1. The summed E-state index contributed by atoms with van der Waals surface area (Å²) in [5, 5.41) is 4.21. The molecule has 1 aliphatic heterocycles. The van der Waals surface area contributed by atoms with Gasteiger partial charge in [0.15, 0.2) is 0 Å². The largest absolute Gasteiger partial charge is 0.399 e. The van der Waals surface area contributed by atoms with Gasteiger partial charge in [-0.2, -0.15) is 5.10 Å². The summed E-state index contributed by atoms with van der Waals surface area (Å²) in [4.78, 5) is 14.3. The summed E-state index contributed by atoms with van der Waals surface area (Å²) in [6, 6.07) is 7.51. The number of carbonyl (C=O) groups is 1. The zero-order chi connectivity index (χ0) is 14.8. The van der Waals surface area contributed by atoms with Crippen LogP contribution in [0.4, 0.5) is 5.69 Å². The van der Waals surface area contributed by atoms with Crippen LogP contribution < -0.4 is 5.73 Å². The minimum Gasteiger partial charge on any atom is -0.399 e. The minimum absolute atomic E-state index is 0. The van der Waals surface area contributed by atoms with Crippen molar-refractivity contribution in [2.24, 2.45) is 7.05 Å². The maximum absolute atomic E-state index is 12.4. The predicted octanol–water partition coefficient (Wildman–Crippen LogP) is 2.40. The maximum atomic E-state index is 12.4. The molecule has 23 heavy (non-hydrogen) atoms. The summed E-state index contributed by atoms with van der Waals surface area (Å²) in [5.41, 5.74) is 8.62. The molecule has 2 aromatic rings. The molecule has 1 aromatic heterocycles. The highest BCUT2D eigenvalue weighted by molar-refractivity contribution is 5.85. The molecular formula is C16H22Cl2N4O. The van der Waals surface area contributed by atoms with E-state index < -0.39 is 0 Å². The van der Waals surface area contributed by atoms with E-state index in [0.29, 0.717) is 12.3 Å². The van der Waals surface area contributed by atoms with E-state index in [9.17, 15) is 4.79 Å². The zero-order valence-corrected chi connectivity index (χ0v) is 14.6. The molecule has 0 aliphatic carbocycles. The first-order chi connectivity index (χ1) is 10.1. The Bertz CT molecular complexity index is 642. The van der Waals surface area contributed by atoms with Crippen LogP contribution in [0.1, 0.15) is 23.5 Å². The number of hydrogen-bond donors (Lipinski definition) is 1. The molecule has 1 atom stereocenters. The second-order valence-electron chi connectivity index (χ2n) is 5.69. The SMILES string of the molecule is Cl.Cl.Cn1cc(C2CCN(C(=O)Cc3ccc(N)cc3)C2)cn1. The summed E-state index contributed by atoms with van der Waals surface area (Å²) < 4.78 is 1.81. The molecule has 1 aliphatic rings. The van der Waals surface area contributed by atoms with Gasteiger partial charge in [-0.1, -0.05) is 12.1 Å². The van der Waals surface area contributed by atoms with Crippen LogP contribution in [0.2, 0.25) is 0 Å². The maximum Gasteiger partial charge on any atom is 0.227 e. The van der Waals surface area contributed by atoms with E-state index in [1.807, 2.05) is 53.3 Å². The lowest BCUT2D eigenvalue weighted by Crippen LogP contribution is -2.29. The number of halogens is 2. The fourth-order valence-electron chi connectivity index (χ4n) is 2.83. The van der Waals surface area contributed by atoms with E-state index in [1.54, 1.807) is 0 Å². The second kappa shape index (κ2) is 8.22. The number of aromatic nitrogens is 2. The molecule has 5 nitrogen and oxygen atoms in total. The van der Waals surface area contributed by atoms with E-state index in [2.05, 4.69) is 5.10 Å². The normalized spacial score (nSPS) is 16.6. The van der Waals surface area contributed by atoms with Crippen LogP contribution in [-0.4, -0.2) is 33.7 Å². The van der Waals surface area contributed by atoms with Crippen molar-refractivity contribution in [2.45, 2.75) is 18.8 Å². The molecule has 1 aromatic carbocycles. The number of anilines is 1. The highest BCUT2D eigenvalue weighted by atomic mass is 35.5. The summed E-state index contributed by atoms with van der Waals surface area (Å²) in [7, 11) is 1.92. The van der Waals surface area contributed by atoms with Gasteiger partial charge in [-0.15, -0.1) is 24.8 Å². The number of carbonyl (C=O) groups excluding carboxylic acids is 1. The fourth-order valence-corrected chi connectivity index (χ4v) is 2.83. The smallest absolute Gasteiger partial charge is 0.227 e. The lowest BCUT2D eigenvalue weighted by molar-refractivity contribution is -0.129. The number of nitrogen functional groups attached to an aromatic ring is 1. The Balaban J connectivity index is 0.00000132. The van der Waals surface area contributed by atoms with Gasteiger partial charge >= 0.3 is 0 Å². The molecule has 7 heteroatoms. The van der Waals surface area contributed by atoms with Crippen molar-refractivity contribution in [3.63, 3.8) is 0 Å². The van der Waals surface area contributed by atoms with Crippen molar-refractivity contribution in [1.29, 1.82) is 0 Å². The highest BCUT2D eigenvalue weighted by Gasteiger charge is 2.27. The molecule has 0 saturated carbocycles. The first kappa shape index (κ1) is 19.3. The summed E-state index contributed by atoms with van der Waals surface area (Å²) in [6.45, 7) is 1.62. The number of hydrogen-bond acceptors (Lipinski definition) is 3. The van der Waals surface area contributed by atoms with Gasteiger partial charge in [0.25, 0.3) is 0 Å². The molecular weight excluding hydrogens is 335 g/mol. The molecule has 1 saturated heterocycles. The molecule has 1 amide bonds. The van der Waals surface area contributed by atoms with Gasteiger partial charge in [-0.3, -0.25) is 9.48 Å². The Morgan fingerprint density at radius 2 is 2.00 bits per heavy atom. The van der Waals surface area contributed by atoms with Crippen LogP contribution in [0, 0.1) is 0 Å². The Labute approximate surface area is 148 Å². The average Bonchev–Trinajstić information content (AvgIpc) is 3.10. The minimum atomic E-state index is 0. The topological polar surface area (TPSA) is 64.2 Å². The van der Waals surface area contributed by atoms with Gasteiger partial charge in [0.05, 0.1) is 12.6 Å². The number of likely N-dealkylation sites (tertiary alicyclic amines) is 1. The summed E-state index contributed by atoms with van der Waals surface area (Å²) in [6.07, 6.45) is 5.40. The van der Waals surface area contributed by atoms with Gasteiger partial charge in [0, 0.05) is 37.9 Å². The third kappa shape index (κ3) is 4.62. The lowest BCUT2D eigenvalue weighted by atomic mass is 10.0. The van der Waals surface area contributed by atoms with Crippen molar-refractivity contribution in [2.75, 3.05) is 18.8 Å². The number of nitrogens with zero attached hydrogens (tertiary/aromatic N) is 3. The van der Waals surface area contributed by atoms with Crippen LogP contribution in [0.3, 0.4) is 0 Å². The third-order valence-electron chi connectivity index (χ3n) is 4.07. The molecule has 126 valence electrons. The quantitative estimate of drug-likeness (QED) is 0.858. The van der Waals surface area contributed by atoms with Gasteiger partial charge in [0.1, 0.15) is 0 Å². The first-order valence-electron chi connectivity index (χ1n) is 7.22. The predicted molar refractivity (Wildman–Crippen MR) is 96.2 cm³/mol. The van der Waals surface area contributed by atoms with Crippen molar-refractivity contribution < 1.29 is 4.79 Å². The molecule has 3 rings (SSSR count). The monoisotopic (exact) mass is 356 g/mol. The second-order valence-corrected chi connectivity index (χ2v) is 5.69. The zero-order valence-electron chi connectivity index (χ0n) is 13.0. The van der Waals surface area contributed by atoms with Gasteiger partial charge in [-0.05, 0) is 29.7 Å². The van der Waals surface area contributed by atoms with Crippen LogP contribution in [0.25, 0.3) is 0 Å². The lowest BCUT2D eigenvalue weighted by Gasteiger charge is -2.16. The standard InChI is InChI=1S/C16H20N4O.2ClH/c1-19-10-14(9-18-19)13-6-7-20(11-13)16(21)8-12-2-4-15(17)5-3-12;;/h2-5,9-10,13H,6-8,11,17H2,1H3;2*1H. The average molecular weight is 357 g/mol. The van der Waals surface area contributed by atoms with E-state index in [0.717, 1.165) is 30.8 Å². The number of aryl methyl sites for hydroxylation is 1. The molecule has 0 spiro atoms.